The lowest BCUT2D eigenvalue weighted by Crippen LogP contribution is -2.55. The summed E-state index contributed by atoms with van der Waals surface area (Å²) < 4.78 is 5.16. The van der Waals surface area contributed by atoms with Crippen LogP contribution in [0.1, 0.15) is 123 Å². The smallest absolute Gasteiger partial charge is 0.298 e. The Balaban J connectivity index is 1.23. The van der Waals surface area contributed by atoms with Gasteiger partial charge >= 0.3 is 0 Å². The zero-order valence-electron chi connectivity index (χ0n) is 27.1. The molecule has 42 heavy (non-hydrogen) atoms. The number of carbonyl (C=O) groups excluding carboxylic acids is 1. The molecule has 6 rings (SSSR count). The van der Waals surface area contributed by atoms with Gasteiger partial charge in [-0.2, -0.15) is 0 Å². The third kappa shape index (κ3) is 5.07. The van der Waals surface area contributed by atoms with Crippen molar-refractivity contribution >= 4 is 6.47 Å². The van der Waals surface area contributed by atoms with E-state index in [9.17, 15) is 4.79 Å². The summed E-state index contributed by atoms with van der Waals surface area (Å²) in [5, 5.41) is 0. The van der Waals surface area contributed by atoms with E-state index in [0.717, 1.165) is 41.4 Å². The lowest BCUT2D eigenvalue weighted by atomic mass is 9.42. The van der Waals surface area contributed by atoms with Gasteiger partial charge in [0.15, 0.2) is 0 Å². The average molecular weight is 569 g/mol. The number of rotatable bonds is 9. The Labute approximate surface area is 256 Å². The Hall–Kier alpha value is -2.09. The van der Waals surface area contributed by atoms with E-state index < -0.39 is 0 Å². The number of hydrogen-bond donors (Lipinski definition) is 0. The predicted molar refractivity (Wildman–Crippen MR) is 173 cm³/mol. The van der Waals surface area contributed by atoms with Crippen LogP contribution in [0, 0.1) is 52.3 Å². The standard InChI is InChI=1S/C40H56O2/c1-28(2)10-9-11-29(3)35-20-21-36-34-19-16-32-26-40(30-12-7-6-8-13-30,31-14-17-33(18-15-31)42-27-41)25-24-38(32,4)37(34)22-23-39(35,36)5/h6-8,12-15,17-18,27-29,32,34-37H,9-11,16,19-26H2,1-5H3/t29?,32?,34?,35?,36?,37?,38?,39-,40?/m1/s1. The van der Waals surface area contributed by atoms with E-state index in [-0.39, 0.29) is 5.41 Å². The van der Waals surface area contributed by atoms with Crippen molar-refractivity contribution in [3.8, 4) is 5.75 Å². The van der Waals surface area contributed by atoms with Gasteiger partial charge in [0.05, 0.1) is 0 Å². The van der Waals surface area contributed by atoms with E-state index in [1.807, 2.05) is 12.1 Å². The van der Waals surface area contributed by atoms with Gasteiger partial charge in [0.2, 0.25) is 0 Å². The average Bonchev–Trinajstić information content (AvgIpc) is 3.35. The normalized spacial score (nSPS) is 38.3. The fourth-order valence-corrected chi connectivity index (χ4v) is 11.6. The second-order valence-electron chi connectivity index (χ2n) is 16.1. The van der Waals surface area contributed by atoms with Gasteiger partial charge in [0, 0.05) is 5.41 Å². The molecule has 4 aliphatic rings. The van der Waals surface area contributed by atoms with E-state index in [1.54, 1.807) is 0 Å². The molecule has 2 aromatic carbocycles. The molecule has 8 unspecified atom stereocenters. The summed E-state index contributed by atoms with van der Waals surface area (Å²) >= 11 is 0. The molecule has 0 amide bonds. The molecule has 2 aromatic rings. The van der Waals surface area contributed by atoms with Crippen LogP contribution in [0.25, 0.3) is 0 Å². The molecule has 2 nitrogen and oxygen atoms in total. The van der Waals surface area contributed by atoms with Crippen LogP contribution >= 0.6 is 0 Å². The van der Waals surface area contributed by atoms with Crippen molar-refractivity contribution in [2.75, 3.05) is 0 Å². The SMILES string of the molecule is CC(C)CCCC(C)C1CCC2C3CCC4CC(c5ccccc5)(c5ccc(OC=O)cc5)CCC4(C)C3CC[C@]12C. The Morgan fingerprint density at radius 2 is 1.50 bits per heavy atom. The van der Waals surface area contributed by atoms with Gasteiger partial charge in [-0.1, -0.05) is 96.3 Å². The highest BCUT2D eigenvalue weighted by Crippen LogP contribution is 2.70. The van der Waals surface area contributed by atoms with E-state index in [1.165, 1.54) is 88.2 Å². The number of carbonyl (C=O) groups is 1. The monoisotopic (exact) mass is 568 g/mol. The van der Waals surface area contributed by atoms with E-state index in [0.29, 0.717) is 23.1 Å². The van der Waals surface area contributed by atoms with E-state index in [2.05, 4.69) is 77.1 Å². The predicted octanol–water partition coefficient (Wildman–Crippen LogP) is 10.6. The van der Waals surface area contributed by atoms with Gasteiger partial charge in [-0.15, -0.1) is 0 Å². The maximum Gasteiger partial charge on any atom is 0.298 e. The highest BCUT2D eigenvalue weighted by molar-refractivity contribution is 5.48. The van der Waals surface area contributed by atoms with Crippen molar-refractivity contribution in [2.45, 2.75) is 117 Å². The first-order chi connectivity index (χ1) is 20.2. The maximum atomic E-state index is 10.9. The molecule has 0 radical (unpaired) electrons. The van der Waals surface area contributed by atoms with Crippen molar-refractivity contribution in [3.63, 3.8) is 0 Å². The molecule has 4 saturated carbocycles. The van der Waals surface area contributed by atoms with Crippen LogP contribution < -0.4 is 4.74 Å². The van der Waals surface area contributed by atoms with Crippen LogP contribution in [0.2, 0.25) is 0 Å². The van der Waals surface area contributed by atoms with Crippen molar-refractivity contribution in [1.82, 2.24) is 0 Å². The van der Waals surface area contributed by atoms with Crippen LogP contribution in [0.3, 0.4) is 0 Å². The zero-order chi connectivity index (χ0) is 29.5. The van der Waals surface area contributed by atoms with E-state index in [4.69, 9.17) is 4.74 Å². The fraction of sp³-hybridized carbons (Fsp3) is 0.675. The van der Waals surface area contributed by atoms with Gasteiger partial charge in [-0.25, -0.2) is 0 Å². The van der Waals surface area contributed by atoms with Crippen molar-refractivity contribution < 1.29 is 9.53 Å². The summed E-state index contributed by atoms with van der Waals surface area (Å²) in [6.45, 7) is 13.3. The molecular weight excluding hydrogens is 512 g/mol. The molecule has 2 heteroatoms. The minimum absolute atomic E-state index is 0.0328. The van der Waals surface area contributed by atoms with Crippen LogP contribution in [-0.4, -0.2) is 6.47 Å². The second-order valence-corrected chi connectivity index (χ2v) is 16.1. The molecule has 4 fully saturated rings. The lowest BCUT2D eigenvalue weighted by Gasteiger charge is -2.63. The fourth-order valence-electron chi connectivity index (χ4n) is 11.6. The Morgan fingerprint density at radius 1 is 0.786 bits per heavy atom. The van der Waals surface area contributed by atoms with Crippen molar-refractivity contribution in [2.24, 2.45) is 52.3 Å². The van der Waals surface area contributed by atoms with Crippen LogP contribution in [0.15, 0.2) is 54.6 Å². The molecule has 0 heterocycles. The molecule has 0 bridgehead atoms. The van der Waals surface area contributed by atoms with Crippen molar-refractivity contribution in [1.29, 1.82) is 0 Å². The number of fused-ring (bicyclic) bond motifs is 5. The summed E-state index contributed by atoms with van der Waals surface area (Å²) in [6.07, 6.45) is 16.7. The quantitative estimate of drug-likeness (QED) is 0.281. The number of benzene rings is 2. The van der Waals surface area contributed by atoms with Gasteiger partial charge in [0.25, 0.3) is 6.47 Å². The highest BCUT2D eigenvalue weighted by atomic mass is 16.5. The highest BCUT2D eigenvalue weighted by Gasteiger charge is 2.62. The molecule has 4 aliphatic carbocycles. The van der Waals surface area contributed by atoms with Crippen LogP contribution in [-0.2, 0) is 10.2 Å². The van der Waals surface area contributed by atoms with E-state index >= 15 is 0 Å². The molecule has 0 aliphatic heterocycles. The van der Waals surface area contributed by atoms with Gasteiger partial charge in [-0.05, 0) is 133 Å². The first-order valence-electron chi connectivity index (χ1n) is 17.5. The van der Waals surface area contributed by atoms with Crippen LogP contribution in [0.5, 0.6) is 5.75 Å². The molecule has 0 N–H and O–H groups in total. The number of ether oxygens (including phenoxy) is 1. The topological polar surface area (TPSA) is 26.3 Å². The molecule has 0 aromatic heterocycles. The Morgan fingerprint density at radius 3 is 2.21 bits per heavy atom. The largest absolute Gasteiger partial charge is 0.429 e. The molecule has 9 atom stereocenters. The summed E-state index contributed by atoms with van der Waals surface area (Å²) in [5.41, 5.74) is 3.89. The first kappa shape index (κ1) is 30.0. The minimum atomic E-state index is 0.0328. The maximum absolute atomic E-state index is 10.9. The molecular formula is C40H56O2. The second kappa shape index (κ2) is 11.8. The van der Waals surface area contributed by atoms with Gasteiger partial charge in [-0.3, -0.25) is 4.79 Å². The Kier molecular flexibility index (Phi) is 8.40. The molecule has 0 saturated heterocycles. The zero-order valence-corrected chi connectivity index (χ0v) is 27.1. The number of hydrogen-bond acceptors (Lipinski definition) is 2. The first-order valence-corrected chi connectivity index (χ1v) is 17.5. The summed E-state index contributed by atoms with van der Waals surface area (Å²) in [4.78, 5) is 10.9. The van der Waals surface area contributed by atoms with Gasteiger partial charge < -0.3 is 4.74 Å². The molecule has 0 spiro atoms. The van der Waals surface area contributed by atoms with Gasteiger partial charge in [0.1, 0.15) is 5.75 Å². The summed E-state index contributed by atoms with van der Waals surface area (Å²) in [7, 11) is 0. The summed E-state index contributed by atoms with van der Waals surface area (Å²) in [6, 6.07) is 19.7. The van der Waals surface area contributed by atoms with Crippen molar-refractivity contribution in [3.05, 3.63) is 65.7 Å². The molecule has 228 valence electrons. The lowest BCUT2D eigenvalue weighted by molar-refractivity contribution is -0.122. The minimum Gasteiger partial charge on any atom is -0.429 e. The summed E-state index contributed by atoms with van der Waals surface area (Å²) in [5.74, 6) is 6.81. The van der Waals surface area contributed by atoms with Crippen LogP contribution in [0.4, 0.5) is 0 Å². The Bertz CT molecular complexity index is 1200. The third-order valence-electron chi connectivity index (χ3n) is 13.9. The third-order valence-corrected chi connectivity index (χ3v) is 13.9.